The zero-order valence-electron chi connectivity index (χ0n) is 12.6. The molecule has 2 rings (SSSR count). The molecule has 1 aromatic carbocycles. The Morgan fingerprint density at radius 1 is 1.57 bits per heavy atom. The molecule has 1 aliphatic heterocycles. The van der Waals surface area contributed by atoms with Gasteiger partial charge in [-0.1, -0.05) is 24.6 Å². The Labute approximate surface area is 131 Å². The van der Waals surface area contributed by atoms with Crippen molar-refractivity contribution in [1.29, 1.82) is 0 Å². The summed E-state index contributed by atoms with van der Waals surface area (Å²) in [5.74, 6) is 0.527. The van der Waals surface area contributed by atoms with Gasteiger partial charge in [-0.2, -0.15) is 0 Å². The van der Waals surface area contributed by atoms with Gasteiger partial charge in [0, 0.05) is 17.6 Å². The first-order chi connectivity index (χ1) is 10.1. The Kier molecular flexibility index (Phi) is 5.88. The summed E-state index contributed by atoms with van der Waals surface area (Å²) in [7, 11) is 0. The minimum Gasteiger partial charge on any atom is -0.481 e. The van der Waals surface area contributed by atoms with Crippen molar-refractivity contribution in [2.45, 2.75) is 38.8 Å². The van der Waals surface area contributed by atoms with Crippen LogP contribution < -0.4 is 10.1 Å². The SMILES string of the molecule is CCN1CCC[C@H]1CNC(=O)[C@H](C)Oc1cccc(Cl)c1. The van der Waals surface area contributed by atoms with Crippen molar-refractivity contribution < 1.29 is 9.53 Å². The van der Waals surface area contributed by atoms with Crippen LogP contribution in [0.2, 0.25) is 5.02 Å². The highest BCUT2D eigenvalue weighted by Gasteiger charge is 2.24. The van der Waals surface area contributed by atoms with Gasteiger partial charge in [0.2, 0.25) is 0 Å². The predicted octanol–water partition coefficient (Wildman–Crippen LogP) is 2.71. The van der Waals surface area contributed by atoms with E-state index in [1.807, 2.05) is 0 Å². The van der Waals surface area contributed by atoms with E-state index >= 15 is 0 Å². The third kappa shape index (κ3) is 4.61. The molecule has 4 nitrogen and oxygen atoms in total. The standard InChI is InChI=1S/C16H23ClN2O2/c1-3-19-9-5-7-14(19)11-18-16(20)12(2)21-15-8-4-6-13(17)10-15/h4,6,8,10,12,14H,3,5,7,9,11H2,1-2H3,(H,18,20)/t12-,14-/m0/s1. The van der Waals surface area contributed by atoms with Crippen molar-refractivity contribution in [2.24, 2.45) is 0 Å². The van der Waals surface area contributed by atoms with E-state index in [0.717, 1.165) is 19.5 Å². The number of ether oxygens (including phenoxy) is 1. The summed E-state index contributed by atoms with van der Waals surface area (Å²) in [6.07, 6.45) is 1.83. The lowest BCUT2D eigenvalue weighted by Crippen LogP contribution is -2.44. The predicted molar refractivity (Wildman–Crippen MR) is 84.8 cm³/mol. The van der Waals surface area contributed by atoms with E-state index in [-0.39, 0.29) is 5.91 Å². The van der Waals surface area contributed by atoms with Crippen LogP contribution in [0, 0.1) is 0 Å². The maximum atomic E-state index is 12.1. The number of nitrogens with one attached hydrogen (secondary N) is 1. The van der Waals surface area contributed by atoms with Crippen LogP contribution in [0.4, 0.5) is 0 Å². The lowest BCUT2D eigenvalue weighted by Gasteiger charge is -2.23. The van der Waals surface area contributed by atoms with Gasteiger partial charge in [-0.15, -0.1) is 0 Å². The van der Waals surface area contributed by atoms with E-state index in [1.165, 1.54) is 6.42 Å². The Morgan fingerprint density at radius 3 is 3.10 bits per heavy atom. The number of halogens is 1. The van der Waals surface area contributed by atoms with Gasteiger partial charge in [0.15, 0.2) is 6.10 Å². The summed E-state index contributed by atoms with van der Waals surface area (Å²) >= 11 is 5.90. The molecular formula is C16H23ClN2O2. The Balaban J connectivity index is 1.80. The third-order valence-electron chi connectivity index (χ3n) is 3.90. The number of likely N-dealkylation sites (N-methyl/N-ethyl adjacent to an activating group) is 1. The molecule has 5 heteroatoms. The van der Waals surface area contributed by atoms with E-state index in [4.69, 9.17) is 16.3 Å². The molecule has 0 bridgehead atoms. The van der Waals surface area contributed by atoms with E-state index in [0.29, 0.717) is 23.4 Å². The quantitative estimate of drug-likeness (QED) is 0.878. The van der Waals surface area contributed by atoms with Gasteiger partial charge in [-0.05, 0) is 51.1 Å². The third-order valence-corrected chi connectivity index (χ3v) is 4.13. The fraction of sp³-hybridized carbons (Fsp3) is 0.562. The number of carbonyl (C=O) groups is 1. The zero-order chi connectivity index (χ0) is 15.2. The number of amides is 1. The van der Waals surface area contributed by atoms with Gasteiger partial charge in [-0.25, -0.2) is 0 Å². The fourth-order valence-corrected chi connectivity index (χ4v) is 2.88. The van der Waals surface area contributed by atoms with Gasteiger partial charge >= 0.3 is 0 Å². The topological polar surface area (TPSA) is 41.6 Å². The summed E-state index contributed by atoms with van der Waals surface area (Å²) < 4.78 is 5.62. The fourth-order valence-electron chi connectivity index (χ4n) is 2.70. The highest BCUT2D eigenvalue weighted by Crippen LogP contribution is 2.19. The van der Waals surface area contributed by atoms with Gasteiger partial charge in [0.1, 0.15) is 5.75 Å². The van der Waals surface area contributed by atoms with Crippen molar-refractivity contribution in [3.8, 4) is 5.75 Å². The first-order valence-corrected chi connectivity index (χ1v) is 7.92. The Hall–Kier alpha value is -1.26. The largest absolute Gasteiger partial charge is 0.481 e. The molecule has 0 radical (unpaired) electrons. The monoisotopic (exact) mass is 310 g/mol. The number of hydrogen-bond donors (Lipinski definition) is 1. The number of carbonyl (C=O) groups excluding carboxylic acids is 1. The average molecular weight is 311 g/mol. The molecule has 1 amide bonds. The van der Waals surface area contributed by atoms with Crippen LogP contribution in [-0.4, -0.2) is 42.6 Å². The van der Waals surface area contributed by atoms with Crippen molar-refractivity contribution in [1.82, 2.24) is 10.2 Å². The second kappa shape index (κ2) is 7.66. The molecule has 0 saturated carbocycles. The van der Waals surface area contributed by atoms with Crippen molar-refractivity contribution >= 4 is 17.5 Å². The summed E-state index contributed by atoms with van der Waals surface area (Å²) in [6.45, 7) is 6.77. The summed E-state index contributed by atoms with van der Waals surface area (Å²) in [4.78, 5) is 14.5. The molecule has 1 aromatic rings. The van der Waals surface area contributed by atoms with E-state index in [9.17, 15) is 4.79 Å². The molecule has 0 unspecified atom stereocenters. The maximum Gasteiger partial charge on any atom is 0.260 e. The molecule has 1 saturated heterocycles. The molecule has 116 valence electrons. The summed E-state index contributed by atoms with van der Waals surface area (Å²) in [6, 6.07) is 7.54. The first-order valence-electron chi connectivity index (χ1n) is 7.54. The molecule has 1 aliphatic rings. The zero-order valence-corrected chi connectivity index (χ0v) is 13.4. The minimum absolute atomic E-state index is 0.0853. The van der Waals surface area contributed by atoms with Gasteiger partial charge in [0.05, 0.1) is 0 Å². The summed E-state index contributed by atoms with van der Waals surface area (Å²) in [5, 5.41) is 3.59. The average Bonchev–Trinajstić information content (AvgIpc) is 2.92. The lowest BCUT2D eigenvalue weighted by molar-refractivity contribution is -0.127. The number of benzene rings is 1. The number of nitrogens with zero attached hydrogens (tertiary/aromatic N) is 1. The molecular weight excluding hydrogens is 288 g/mol. The lowest BCUT2D eigenvalue weighted by atomic mass is 10.2. The van der Waals surface area contributed by atoms with Crippen LogP contribution in [-0.2, 0) is 4.79 Å². The van der Waals surface area contributed by atoms with Crippen molar-refractivity contribution in [2.75, 3.05) is 19.6 Å². The van der Waals surface area contributed by atoms with Gasteiger partial charge < -0.3 is 10.1 Å². The van der Waals surface area contributed by atoms with Crippen LogP contribution in [0.25, 0.3) is 0 Å². The van der Waals surface area contributed by atoms with Gasteiger partial charge in [0.25, 0.3) is 5.91 Å². The second-order valence-electron chi connectivity index (χ2n) is 5.39. The normalized spacial score (nSPS) is 20.2. The number of likely N-dealkylation sites (tertiary alicyclic amines) is 1. The van der Waals surface area contributed by atoms with Gasteiger partial charge in [-0.3, -0.25) is 9.69 Å². The van der Waals surface area contributed by atoms with Crippen LogP contribution in [0.3, 0.4) is 0 Å². The van der Waals surface area contributed by atoms with E-state index < -0.39 is 6.10 Å². The smallest absolute Gasteiger partial charge is 0.260 e. The first kappa shape index (κ1) is 16.1. The molecule has 1 heterocycles. The van der Waals surface area contributed by atoms with Crippen LogP contribution in [0.15, 0.2) is 24.3 Å². The van der Waals surface area contributed by atoms with E-state index in [2.05, 4.69) is 17.1 Å². The maximum absolute atomic E-state index is 12.1. The molecule has 1 N–H and O–H groups in total. The second-order valence-corrected chi connectivity index (χ2v) is 5.82. The molecule has 0 aliphatic carbocycles. The van der Waals surface area contributed by atoms with E-state index in [1.54, 1.807) is 31.2 Å². The molecule has 0 aromatic heterocycles. The molecule has 0 spiro atoms. The minimum atomic E-state index is -0.528. The highest BCUT2D eigenvalue weighted by atomic mass is 35.5. The summed E-state index contributed by atoms with van der Waals surface area (Å²) in [5.41, 5.74) is 0. The Morgan fingerprint density at radius 2 is 2.38 bits per heavy atom. The highest BCUT2D eigenvalue weighted by molar-refractivity contribution is 6.30. The van der Waals surface area contributed by atoms with Crippen molar-refractivity contribution in [3.63, 3.8) is 0 Å². The number of hydrogen-bond acceptors (Lipinski definition) is 3. The molecule has 1 fully saturated rings. The number of rotatable bonds is 6. The Bertz CT molecular complexity index is 481. The molecule has 2 atom stereocenters. The van der Waals surface area contributed by atoms with Crippen LogP contribution >= 0.6 is 11.6 Å². The van der Waals surface area contributed by atoms with Crippen LogP contribution in [0.5, 0.6) is 5.75 Å². The van der Waals surface area contributed by atoms with Crippen LogP contribution in [0.1, 0.15) is 26.7 Å². The molecule has 21 heavy (non-hydrogen) atoms. The van der Waals surface area contributed by atoms with Crippen molar-refractivity contribution in [3.05, 3.63) is 29.3 Å².